The van der Waals surface area contributed by atoms with Crippen molar-refractivity contribution in [3.8, 4) is 0 Å². The minimum Gasteiger partial charge on any atom is -0.234 e. The maximum absolute atomic E-state index is 13.2. The van der Waals surface area contributed by atoms with Gasteiger partial charge in [-0.15, -0.1) is 0 Å². The molecule has 5 heteroatoms. The molecule has 1 aliphatic rings. The van der Waals surface area contributed by atoms with E-state index >= 15 is 0 Å². The summed E-state index contributed by atoms with van der Waals surface area (Å²) in [6.07, 6.45) is 1.21. The third-order valence-corrected chi connectivity index (χ3v) is 4.11. The Labute approximate surface area is 108 Å². The van der Waals surface area contributed by atoms with Crippen molar-refractivity contribution in [1.29, 1.82) is 0 Å². The highest BCUT2D eigenvalue weighted by molar-refractivity contribution is 7.85. The summed E-state index contributed by atoms with van der Waals surface area (Å²) in [7, 11) is -1.37. The van der Waals surface area contributed by atoms with Gasteiger partial charge in [0.2, 0.25) is 0 Å². The van der Waals surface area contributed by atoms with E-state index in [1.54, 1.807) is 12.1 Å². The summed E-state index contributed by atoms with van der Waals surface area (Å²) in [6, 6.07) is 4.81. The number of halogens is 2. The van der Waals surface area contributed by atoms with Crippen LogP contribution in [-0.4, -0.2) is 15.2 Å². The fourth-order valence-electron chi connectivity index (χ4n) is 1.66. The van der Waals surface area contributed by atoms with Crippen molar-refractivity contribution >= 4 is 17.2 Å². The van der Waals surface area contributed by atoms with E-state index < -0.39 is 21.7 Å². The van der Waals surface area contributed by atoms with Gasteiger partial charge in [-0.1, -0.05) is 12.1 Å². The van der Waals surface area contributed by atoms with E-state index in [1.165, 1.54) is 12.3 Å². The lowest BCUT2D eigenvalue weighted by atomic mass is 9.83. The lowest BCUT2D eigenvalue weighted by Crippen LogP contribution is -2.29. The largest absolute Gasteiger partial charge is 0.277 e. The lowest BCUT2D eigenvalue weighted by molar-refractivity contribution is -0.0287. The van der Waals surface area contributed by atoms with Crippen molar-refractivity contribution < 1.29 is 13.0 Å². The summed E-state index contributed by atoms with van der Waals surface area (Å²) in [6.45, 7) is 5.44. The van der Waals surface area contributed by atoms with Gasteiger partial charge in [-0.05, 0) is 38.0 Å². The predicted octanol–water partition coefficient (Wildman–Crippen LogP) is 3.22. The molecule has 0 bridgehead atoms. The second-order valence-electron chi connectivity index (χ2n) is 5.39. The molecule has 0 radical (unpaired) electrons. The molecule has 0 spiro atoms. The van der Waals surface area contributed by atoms with Gasteiger partial charge in [-0.3, -0.25) is 0 Å². The standard InChI is InChI=1S/C13H15F2NOS/c1-12(2,3)18(17)16-8-9-4-5-10-7-13(14,15)11(10)6-9/h4-6,8H,7H2,1-3H3. The third kappa shape index (κ3) is 2.51. The average molecular weight is 271 g/mol. The second-order valence-corrected chi connectivity index (χ2v) is 7.33. The molecular formula is C13H15F2NOS. The summed E-state index contributed by atoms with van der Waals surface area (Å²) in [5, 5.41) is 0. The van der Waals surface area contributed by atoms with Gasteiger partial charge in [0.15, 0.2) is 0 Å². The Morgan fingerprint density at radius 2 is 2.06 bits per heavy atom. The number of hydrogen-bond donors (Lipinski definition) is 0. The van der Waals surface area contributed by atoms with E-state index in [9.17, 15) is 13.0 Å². The van der Waals surface area contributed by atoms with Gasteiger partial charge in [-0.2, -0.15) is 4.40 Å². The number of benzene rings is 1. The molecule has 1 atom stereocenters. The fourth-order valence-corrected chi connectivity index (χ4v) is 2.20. The minimum absolute atomic E-state index is 0.0630. The van der Waals surface area contributed by atoms with Crippen LogP contribution in [0.25, 0.3) is 0 Å². The average Bonchev–Trinajstić information content (AvgIpc) is 2.24. The van der Waals surface area contributed by atoms with Crippen molar-refractivity contribution in [2.75, 3.05) is 0 Å². The molecule has 2 nitrogen and oxygen atoms in total. The molecule has 0 fully saturated rings. The molecule has 98 valence electrons. The monoisotopic (exact) mass is 271 g/mol. The van der Waals surface area contributed by atoms with Gasteiger partial charge >= 0.3 is 0 Å². The van der Waals surface area contributed by atoms with E-state index in [0.29, 0.717) is 11.1 Å². The van der Waals surface area contributed by atoms with Crippen molar-refractivity contribution in [2.24, 2.45) is 4.40 Å². The van der Waals surface area contributed by atoms with Gasteiger partial charge in [-0.25, -0.2) is 13.0 Å². The normalized spacial score (nSPS) is 19.4. The summed E-state index contributed by atoms with van der Waals surface area (Å²) in [4.78, 5) is 0. The van der Waals surface area contributed by atoms with Crippen LogP contribution in [0.15, 0.2) is 22.6 Å². The first-order valence-electron chi connectivity index (χ1n) is 5.67. The molecule has 0 saturated carbocycles. The Morgan fingerprint density at radius 3 is 2.61 bits per heavy atom. The van der Waals surface area contributed by atoms with Crippen LogP contribution >= 0.6 is 0 Å². The van der Waals surface area contributed by atoms with Crippen LogP contribution in [0.2, 0.25) is 0 Å². The zero-order valence-electron chi connectivity index (χ0n) is 10.5. The van der Waals surface area contributed by atoms with Crippen LogP contribution < -0.4 is 0 Å². The van der Waals surface area contributed by atoms with E-state index in [-0.39, 0.29) is 12.0 Å². The first-order chi connectivity index (χ1) is 8.20. The topological polar surface area (TPSA) is 29.4 Å². The Kier molecular flexibility index (Phi) is 3.13. The number of nitrogens with zero attached hydrogens (tertiary/aromatic N) is 1. The van der Waals surface area contributed by atoms with Gasteiger partial charge < -0.3 is 0 Å². The van der Waals surface area contributed by atoms with Crippen molar-refractivity contribution in [2.45, 2.75) is 37.9 Å². The van der Waals surface area contributed by atoms with E-state index in [0.717, 1.165) is 0 Å². The van der Waals surface area contributed by atoms with Crippen molar-refractivity contribution in [3.63, 3.8) is 0 Å². The molecule has 18 heavy (non-hydrogen) atoms. The third-order valence-electron chi connectivity index (χ3n) is 2.76. The van der Waals surface area contributed by atoms with Crippen LogP contribution in [0.3, 0.4) is 0 Å². The molecule has 0 amide bonds. The number of fused-ring (bicyclic) bond motifs is 1. The Bertz CT molecular complexity index is 532. The van der Waals surface area contributed by atoms with Crippen molar-refractivity contribution in [1.82, 2.24) is 0 Å². The Morgan fingerprint density at radius 1 is 1.39 bits per heavy atom. The first-order valence-corrected chi connectivity index (χ1v) is 6.78. The van der Waals surface area contributed by atoms with Crippen molar-refractivity contribution in [3.05, 3.63) is 34.9 Å². The molecular weight excluding hydrogens is 256 g/mol. The van der Waals surface area contributed by atoms with Crippen LogP contribution in [0.1, 0.15) is 37.5 Å². The molecule has 0 saturated heterocycles. The van der Waals surface area contributed by atoms with Crippen LogP contribution in [0.4, 0.5) is 8.78 Å². The smallest absolute Gasteiger partial charge is 0.234 e. The fraction of sp³-hybridized carbons (Fsp3) is 0.462. The van der Waals surface area contributed by atoms with Crippen LogP contribution in [-0.2, 0) is 23.3 Å². The Balaban J connectivity index is 2.20. The molecule has 0 aliphatic heterocycles. The molecule has 2 rings (SSSR count). The molecule has 1 aromatic carbocycles. The highest BCUT2D eigenvalue weighted by Crippen LogP contribution is 2.43. The van der Waals surface area contributed by atoms with E-state index in [1.807, 2.05) is 20.8 Å². The summed E-state index contributed by atoms with van der Waals surface area (Å²) in [5.41, 5.74) is 1.30. The quantitative estimate of drug-likeness (QED) is 0.759. The highest BCUT2D eigenvalue weighted by Gasteiger charge is 2.43. The number of rotatable bonds is 2. The summed E-state index contributed by atoms with van der Waals surface area (Å²) < 4.78 is 41.6. The zero-order valence-corrected chi connectivity index (χ0v) is 11.4. The maximum atomic E-state index is 13.2. The van der Waals surface area contributed by atoms with Crippen LogP contribution in [0, 0.1) is 0 Å². The summed E-state index contributed by atoms with van der Waals surface area (Å²) >= 11 is 0. The Hall–Kier alpha value is -1.10. The number of alkyl halides is 2. The molecule has 0 heterocycles. The van der Waals surface area contributed by atoms with Gasteiger partial charge in [0.1, 0.15) is 11.0 Å². The molecule has 1 aromatic rings. The SMILES string of the molecule is CC(C)(C)S(=O)N=Cc1ccc2c(c1)C(F)(F)C2. The lowest BCUT2D eigenvalue weighted by Gasteiger charge is -2.29. The highest BCUT2D eigenvalue weighted by atomic mass is 32.2. The molecule has 1 unspecified atom stereocenters. The van der Waals surface area contributed by atoms with Gasteiger partial charge in [0, 0.05) is 18.2 Å². The predicted molar refractivity (Wildman–Crippen MR) is 69.5 cm³/mol. The maximum Gasteiger partial charge on any atom is 0.277 e. The molecule has 0 N–H and O–H groups in total. The molecule has 1 aliphatic carbocycles. The second kappa shape index (κ2) is 4.23. The first kappa shape index (κ1) is 13.3. The van der Waals surface area contributed by atoms with E-state index in [2.05, 4.69) is 4.40 Å². The minimum atomic E-state index is -2.72. The van der Waals surface area contributed by atoms with Gasteiger partial charge in [0.25, 0.3) is 5.92 Å². The van der Waals surface area contributed by atoms with Gasteiger partial charge in [0.05, 0.1) is 4.75 Å². The zero-order chi connectivity index (χ0) is 13.6. The van der Waals surface area contributed by atoms with E-state index in [4.69, 9.17) is 0 Å². The van der Waals surface area contributed by atoms with Crippen LogP contribution in [0.5, 0.6) is 0 Å². The number of hydrogen-bond acceptors (Lipinski definition) is 1. The summed E-state index contributed by atoms with van der Waals surface area (Å²) in [5.74, 6) is -2.72. The molecule has 0 aromatic heterocycles.